The molecule has 0 radical (unpaired) electrons. The highest BCUT2D eigenvalue weighted by Gasteiger charge is 2.20. The van der Waals surface area contributed by atoms with Gasteiger partial charge in [0.2, 0.25) is 0 Å². The molecule has 0 N–H and O–H groups in total. The monoisotopic (exact) mass is 337 g/mol. The lowest BCUT2D eigenvalue weighted by Gasteiger charge is -2.24. The van der Waals surface area contributed by atoms with Crippen LogP contribution in [0.3, 0.4) is 0 Å². The molecule has 0 fully saturated rings. The van der Waals surface area contributed by atoms with E-state index in [4.69, 9.17) is 0 Å². The number of pyridine rings is 1. The van der Waals surface area contributed by atoms with Gasteiger partial charge in [-0.2, -0.15) is 0 Å². The third-order valence-electron chi connectivity index (χ3n) is 4.32. The van der Waals surface area contributed by atoms with Crippen LogP contribution in [0.25, 0.3) is 5.65 Å². The van der Waals surface area contributed by atoms with Crippen LogP contribution >= 0.6 is 11.8 Å². The lowest BCUT2D eigenvalue weighted by atomic mass is 10.2. The molecule has 4 nitrogen and oxygen atoms in total. The molecule has 0 bridgehead atoms. The summed E-state index contributed by atoms with van der Waals surface area (Å²) in [6.45, 7) is 3.90. The molecular formula is C19H19N3OS. The highest BCUT2D eigenvalue weighted by atomic mass is 32.2. The number of rotatable bonds is 2. The normalized spacial score (nSPS) is 17.5. The van der Waals surface area contributed by atoms with Crippen molar-refractivity contribution in [3.05, 3.63) is 70.8 Å². The Labute approximate surface area is 145 Å². The predicted octanol–water partition coefficient (Wildman–Crippen LogP) is 3.59. The van der Waals surface area contributed by atoms with E-state index in [0.717, 1.165) is 18.7 Å². The van der Waals surface area contributed by atoms with Gasteiger partial charge in [0.15, 0.2) is 0 Å². The average molecular weight is 337 g/mol. The molecule has 0 saturated heterocycles. The molecule has 122 valence electrons. The zero-order valence-corrected chi connectivity index (χ0v) is 14.4. The number of anilines is 1. The Morgan fingerprint density at radius 3 is 2.96 bits per heavy atom. The molecule has 24 heavy (non-hydrogen) atoms. The van der Waals surface area contributed by atoms with Gasteiger partial charge in [-0.15, -0.1) is 11.8 Å². The van der Waals surface area contributed by atoms with E-state index in [-0.39, 0.29) is 5.56 Å². The first kappa shape index (κ1) is 15.3. The highest BCUT2D eigenvalue weighted by Crippen LogP contribution is 2.37. The fourth-order valence-corrected chi connectivity index (χ4v) is 4.23. The Morgan fingerprint density at radius 1 is 1.21 bits per heavy atom. The van der Waals surface area contributed by atoms with Crippen molar-refractivity contribution in [1.29, 1.82) is 0 Å². The molecule has 0 aliphatic carbocycles. The summed E-state index contributed by atoms with van der Waals surface area (Å²) in [6.07, 6.45) is 2.87. The van der Waals surface area contributed by atoms with E-state index in [1.165, 1.54) is 10.6 Å². The van der Waals surface area contributed by atoms with Crippen LogP contribution in [0.5, 0.6) is 0 Å². The van der Waals surface area contributed by atoms with Gasteiger partial charge in [-0.05, 0) is 30.7 Å². The second-order valence-corrected chi connectivity index (χ2v) is 7.60. The van der Waals surface area contributed by atoms with Crippen LogP contribution in [-0.4, -0.2) is 21.2 Å². The third-order valence-corrected chi connectivity index (χ3v) is 5.55. The molecule has 3 aromatic rings. The summed E-state index contributed by atoms with van der Waals surface area (Å²) in [5.74, 6) is 0. The molecule has 0 unspecified atom stereocenters. The number of nitrogens with zero attached hydrogens (tertiary/aromatic N) is 3. The largest absolute Gasteiger partial charge is 0.365 e. The number of aromatic nitrogens is 2. The maximum atomic E-state index is 12.3. The van der Waals surface area contributed by atoms with Gasteiger partial charge in [-0.1, -0.05) is 25.1 Å². The summed E-state index contributed by atoms with van der Waals surface area (Å²) in [5.41, 5.74) is 2.73. The van der Waals surface area contributed by atoms with Crippen molar-refractivity contribution in [3.63, 3.8) is 0 Å². The van der Waals surface area contributed by atoms with Crippen LogP contribution in [0.4, 0.5) is 5.69 Å². The minimum Gasteiger partial charge on any atom is -0.365 e. The molecule has 5 heteroatoms. The van der Waals surface area contributed by atoms with Gasteiger partial charge in [0, 0.05) is 29.0 Å². The molecule has 1 aromatic carbocycles. The van der Waals surface area contributed by atoms with E-state index >= 15 is 0 Å². The van der Waals surface area contributed by atoms with Gasteiger partial charge in [0.1, 0.15) is 5.65 Å². The van der Waals surface area contributed by atoms with E-state index < -0.39 is 0 Å². The fourth-order valence-electron chi connectivity index (χ4n) is 3.10. The summed E-state index contributed by atoms with van der Waals surface area (Å²) in [4.78, 5) is 20.6. The summed E-state index contributed by atoms with van der Waals surface area (Å²) >= 11 is 1.92. The summed E-state index contributed by atoms with van der Waals surface area (Å²) in [5, 5.41) is 0.589. The number of benzene rings is 1. The van der Waals surface area contributed by atoms with Gasteiger partial charge in [0.25, 0.3) is 5.56 Å². The van der Waals surface area contributed by atoms with Crippen molar-refractivity contribution in [2.75, 3.05) is 11.4 Å². The first-order chi connectivity index (χ1) is 11.7. The molecule has 0 amide bonds. The summed E-state index contributed by atoms with van der Waals surface area (Å²) in [6, 6.07) is 15.8. The smallest absolute Gasteiger partial charge is 0.258 e. The zero-order valence-electron chi connectivity index (χ0n) is 13.6. The third kappa shape index (κ3) is 2.91. The fraction of sp³-hybridized carbons (Fsp3) is 0.263. The minimum atomic E-state index is -0.0264. The van der Waals surface area contributed by atoms with Gasteiger partial charge < -0.3 is 4.90 Å². The van der Waals surface area contributed by atoms with Gasteiger partial charge in [-0.25, -0.2) is 4.98 Å². The SMILES string of the molecule is C[C@@H]1CCN(Cc2cc(=O)n3ccccc3n2)c2ccccc2S1. The highest BCUT2D eigenvalue weighted by molar-refractivity contribution is 8.00. The van der Waals surface area contributed by atoms with Crippen molar-refractivity contribution in [1.82, 2.24) is 9.38 Å². The zero-order chi connectivity index (χ0) is 16.5. The second-order valence-electron chi connectivity index (χ2n) is 6.12. The van der Waals surface area contributed by atoms with Gasteiger partial charge in [0.05, 0.1) is 17.9 Å². The Hall–Kier alpha value is -2.27. The van der Waals surface area contributed by atoms with Gasteiger partial charge >= 0.3 is 0 Å². The van der Waals surface area contributed by atoms with E-state index in [1.54, 1.807) is 16.7 Å². The van der Waals surface area contributed by atoms with E-state index in [9.17, 15) is 4.79 Å². The number of thioether (sulfide) groups is 1. The molecule has 0 spiro atoms. The standard InChI is InChI=1S/C19H19N3OS/c1-14-9-11-21(16-6-2-3-7-17(16)24-14)13-15-12-19(23)22-10-5-4-8-18(22)20-15/h2-8,10,12,14H,9,11,13H2,1H3/t14-/m1/s1. The number of fused-ring (bicyclic) bond motifs is 2. The van der Waals surface area contributed by atoms with Crippen LogP contribution in [0.1, 0.15) is 19.0 Å². The molecule has 1 atom stereocenters. The summed E-state index contributed by atoms with van der Waals surface area (Å²) in [7, 11) is 0. The molecule has 0 saturated carbocycles. The molecule has 4 rings (SSSR count). The number of para-hydroxylation sites is 1. The number of hydrogen-bond acceptors (Lipinski definition) is 4. The van der Waals surface area contributed by atoms with E-state index in [2.05, 4.69) is 41.1 Å². The Balaban J connectivity index is 1.71. The quantitative estimate of drug-likeness (QED) is 0.716. The molecular weight excluding hydrogens is 318 g/mol. The van der Waals surface area contributed by atoms with Crippen molar-refractivity contribution >= 4 is 23.1 Å². The molecule has 3 heterocycles. The van der Waals surface area contributed by atoms with Crippen LogP contribution in [0, 0.1) is 0 Å². The predicted molar refractivity (Wildman–Crippen MR) is 98.9 cm³/mol. The van der Waals surface area contributed by atoms with E-state index in [1.807, 2.05) is 30.0 Å². The topological polar surface area (TPSA) is 37.6 Å². The van der Waals surface area contributed by atoms with Crippen LogP contribution in [-0.2, 0) is 6.54 Å². The van der Waals surface area contributed by atoms with E-state index in [0.29, 0.717) is 17.4 Å². The molecule has 1 aliphatic heterocycles. The maximum absolute atomic E-state index is 12.3. The maximum Gasteiger partial charge on any atom is 0.258 e. The minimum absolute atomic E-state index is 0.0264. The lowest BCUT2D eigenvalue weighted by Crippen LogP contribution is -2.26. The van der Waals surface area contributed by atoms with Crippen LogP contribution < -0.4 is 10.5 Å². The Morgan fingerprint density at radius 2 is 2.04 bits per heavy atom. The summed E-state index contributed by atoms with van der Waals surface area (Å²) < 4.78 is 1.58. The van der Waals surface area contributed by atoms with Gasteiger partial charge in [-0.3, -0.25) is 9.20 Å². The average Bonchev–Trinajstić information content (AvgIpc) is 2.74. The van der Waals surface area contributed by atoms with Crippen molar-refractivity contribution in [3.8, 4) is 0 Å². The first-order valence-electron chi connectivity index (χ1n) is 8.19. The van der Waals surface area contributed by atoms with Crippen LogP contribution in [0.2, 0.25) is 0 Å². The Bertz CT molecular complexity index is 937. The molecule has 1 aliphatic rings. The van der Waals surface area contributed by atoms with Crippen LogP contribution in [0.15, 0.2) is 64.4 Å². The number of hydrogen-bond donors (Lipinski definition) is 0. The van der Waals surface area contributed by atoms with Crippen molar-refractivity contribution in [2.45, 2.75) is 30.0 Å². The first-order valence-corrected chi connectivity index (χ1v) is 9.06. The lowest BCUT2D eigenvalue weighted by molar-refractivity contribution is 0.719. The molecule has 2 aromatic heterocycles. The Kier molecular flexibility index (Phi) is 4.02. The second kappa shape index (κ2) is 6.32. The van der Waals surface area contributed by atoms with Crippen molar-refractivity contribution in [2.24, 2.45) is 0 Å². The van der Waals surface area contributed by atoms with Crippen molar-refractivity contribution < 1.29 is 0 Å².